The van der Waals surface area contributed by atoms with Gasteiger partial charge in [0.15, 0.2) is 0 Å². The number of hydrogen-bond donors (Lipinski definition) is 0. The summed E-state index contributed by atoms with van der Waals surface area (Å²) in [5, 5.41) is 11.9. The van der Waals surface area contributed by atoms with Crippen LogP contribution in [0.1, 0.15) is 29.6 Å². The minimum absolute atomic E-state index is 0. The Labute approximate surface area is 188 Å². The molecule has 0 aliphatic rings. The average Bonchev–Trinajstić information content (AvgIpc) is 2.96. The number of aryl methyl sites for hydroxylation is 4. The summed E-state index contributed by atoms with van der Waals surface area (Å²) in [6.45, 7) is 10.9. The molecule has 2 aromatic carbocycles. The number of halogens is 2. The van der Waals surface area contributed by atoms with Crippen molar-refractivity contribution in [2.75, 3.05) is 6.61 Å². The maximum Gasteiger partial charge on any atom is 0.138 e. The van der Waals surface area contributed by atoms with E-state index in [0.29, 0.717) is 17.4 Å². The van der Waals surface area contributed by atoms with Gasteiger partial charge in [-0.2, -0.15) is 5.10 Å². The van der Waals surface area contributed by atoms with Gasteiger partial charge in [0.1, 0.15) is 11.4 Å². The average molecular weight is 442 g/mol. The summed E-state index contributed by atoms with van der Waals surface area (Å²) >= 11 is 6.47. The highest BCUT2D eigenvalue weighted by Crippen LogP contribution is 2.37. The lowest BCUT2D eigenvalue weighted by molar-refractivity contribution is 0.340. The van der Waals surface area contributed by atoms with Crippen molar-refractivity contribution in [3.63, 3.8) is 0 Å². The minimum atomic E-state index is 0. The zero-order chi connectivity index (χ0) is 20.7. The molecule has 156 valence electrons. The van der Waals surface area contributed by atoms with Crippen molar-refractivity contribution < 1.29 is 4.74 Å². The Morgan fingerprint density at radius 1 is 0.900 bits per heavy atom. The highest BCUT2D eigenvalue weighted by atomic mass is 35.5. The molecule has 4 nitrogen and oxygen atoms in total. The molecule has 0 aliphatic carbocycles. The summed E-state index contributed by atoms with van der Waals surface area (Å²) in [6.07, 6.45) is 0. The Hall–Kier alpha value is -2.56. The lowest BCUT2D eigenvalue weighted by Gasteiger charge is -2.12. The molecule has 2 heterocycles. The van der Waals surface area contributed by atoms with Gasteiger partial charge in [-0.1, -0.05) is 41.4 Å². The first-order valence-electron chi connectivity index (χ1n) is 9.77. The van der Waals surface area contributed by atoms with Gasteiger partial charge in [0, 0.05) is 33.4 Å². The fourth-order valence-corrected chi connectivity index (χ4v) is 4.23. The van der Waals surface area contributed by atoms with E-state index >= 15 is 0 Å². The number of aromatic nitrogens is 3. The predicted octanol–water partition coefficient (Wildman–Crippen LogP) is 6.80. The molecule has 30 heavy (non-hydrogen) atoms. The van der Waals surface area contributed by atoms with Crippen LogP contribution in [0.3, 0.4) is 0 Å². The molecule has 0 saturated carbocycles. The van der Waals surface area contributed by atoms with Crippen molar-refractivity contribution in [2.45, 2.75) is 34.6 Å². The highest BCUT2D eigenvalue weighted by molar-refractivity contribution is 6.32. The monoisotopic (exact) mass is 441 g/mol. The molecule has 0 unspecified atom stereocenters. The third kappa shape index (κ3) is 3.66. The zero-order valence-electron chi connectivity index (χ0n) is 17.8. The lowest BCUT2D eigenvalue weighted by Crippen LogP contribution is -2.00. The van der Waals surface area contributed by atoms with Crippen molar-refractivity contribution in [2.24, 2.45) is 0 Å². The molecule has 0 fully saturated rings. The number of hydrogen-bond acceptors (Lipinski definition) is 3. The van der Waals surface area contributed by atoms with Crippen molar-refractivity contribution in [1.82, 2.24) is 14.8 Å². The van der Waals surface area contributed by atoms with Crippen molar-refractivity contribution in [3.05, 3.63) is 70.1 Å². The quantitative estimate of drug-likeness (QED) is 0.349. The van der Waals surface area contributed by atoms with E-state index < -0.39 is 0 Å². The Balaban J connectivity index is 0.00000256. The Kier molecular flexibility index (Phi) is 6.39. The lowest BCUT2D eigenvalue weighted by atomic mass is 10.0. The van der Waals surface area contributed by atoms with Crippen LogP contribution in [0.15, 0.2) is 42.5 Å². The molecule has 0 aliphatic heterocycles. The van der Waals surface area contributed by atoms with Gasteiger partial charge in [-0.25, -0.2) is 0 Å². The molecule has 0 bridgehead atoms. The van der Waals surface area contributed by atoms with Crippen molar-refractivity contribution >= 4 is 34.8 Å². The van der Waals surface area contributed by atoms with E-state index in [-0.39, 0.29) is 12.4 Å². The minimum Gasteiger partial charge on any atom is -0.492 e. The fraction of sp³-hybridized carbons (Fsp3) is 0.250. The maximum atomic E-state index is 6.47. The van der Waals surface area contributed by atoms with Crippen LogP contribution in [0, 0.1) is 27.7 Å². The van der Waals surface area contributed by atoms with E-state index in [9.17, 15) is 0 Å². The van der Waals surface area contributed by atoms with E-state index in [4.69, 9.17) is 16.3 Å². The molecule has 0 N–H and O–H groups in total. The van der Waals surface area contributed by atoms with Crippen molar-refractivity contribution in [1.29, 1.82) is 0 Å². The first-order valence-corrected chi connectivity index (χ1v) is 10.1. The predicted molar refractivity (Wildman–Crippen MR) is 127 cm³/mol. The van der Waals surface area contributed by atoms with E-state index in [0.717, 1.165) is 44.8 Å². The Morgan fingerprint density at radius 3 is 2.20 bits per heavy atom. The van der Waals surface area contributed by atoms with Crippen LogP contribution in [0.25, 0.3) is 27.7 Å². The summed E-state index contributed by atoms with van der Waals surface area (Å²) in [6, 6.07) is 14.3. The summed E-state index contributed by atoms with van der Waals surface area (Å²) in [5.41, 5.74) is 7.36. The van der Waals surface area contributed by atoms with Gasteiger partial charge in [-0.3, -0.25) is 0 Å². The first-order chi connectivity index (χ1) is 13.9. The SMILES string of the molecule is CCOc1ccc(-n2c(C)c3c(C)nnc(-c4ccc(C)cc4)c3c2C)cc1Cl.Cl. The van der Waals surface area contributed by atoms with E-state index in [1.165, 1.54) is 5.56 Å². The number of benzene rings is 2. The smallest absolute Gasteiger partial charge is 0.138 e. The molecule has 0 amide bonds. The molecule has 6 heteroatoms. The Bertz CT molecular complexity index is 1210. The molecular weight excluding hydrogens is 417 g/mol. The van der Waals surface area contributed by atoms with Gasteiger partial charge in [0.25, 0.3) is 0 Å². The summed E-state index contributed by atoms with van der Waals surface area (Å²) < 4.78 is 7.81. The molecule has 0 atom stereocenters. The van der Waals surface area contributed by atoms with E-state index in [2.05, 4.69) is 59.8 Å². The van der Waals surface area contributed by atoms with Crippen LogP contribution >= 0.6 is 24.0 Å². The van der Waals surface area contributed by atoms with Gasteiger partial charge in [-0.05, 0) is 52.8 Å². The standard InChI is InChI=1S/C24H24ClN3O.ClH/c1-6-29-21-12-11-19(13-20(21)25)28-16(4)22-15(3)26-27-24(23(22)17(28)5)18-9-7-14(2)8-10-18;/h7-13H,6H2,1-5H3;1H. The molecule has 4 aromatic rings. The number of fused-ring (bicyclic) bond motifs is 1. The third-order valence-corrected chi connectivity index (χ3v) is 5.64. The summed E-state index contributed by atoms with van der Waals surface area (Å²) in [4.78, 5) is 0. The van der Waals surface area contributed by atoms with Crippen LogP contribution in [-0.2, 0) is 0 Å². The molecule has 0 radical (unpaired) electrons. The van der Waals surface area contributed by atoms with Crippen LogP contribution in [0.5, 0.6) is 5.75 Å². The number of ether oxygens (including phenoxy) is 1. The molecular formula is C24H25Cl2N3O. The summed E-state index contributed by atoms with van der Waals surface area (Å²) in [5.74, 6) is 0.699. The van der Waals surface area contributed by atoms with Gasteiger partial charge in [0.05, 0.1) is 17.3 Å². The first kappa shape index (κ1) is 22.1. The number of rotatable bonds is 4. The number of nitrogens with zero attached hydrogens (tertiary/aromatic N) is 3. The molecule has 0 spiro atoms. The second-order valence-corrected chi connectivity index (χ2v) is 7.71. The van der Waals surface area contributed by atoms with Gasteiger partial charge >= 0.3 is 0 Å². The second kappa shape index (κ2) is 8.66. The van der Waals surface area contributed by atoms with Gasteiger partial charge in [-0.15, -0.1) is 17.5 Å². The normalized spacial score (nSPS) is 10.9. The fourth-order valence-electron chi connectivity index (χ4n) is 4.00. The molecule has 0 saturated heterocycles. The maximum absolute atomic E-state index is 6.47. The van der Waals surface area contributed by atoms with Crippen LogP contribution in [0.2, 0.25) is 5.02 Å². The van der Waals surface area contributed by atoms with Gasteiger partial charge < -0.3 is 9.30 Å². The van der Waals surface area contributed by atoms with Crippen molar-refractivity contribution in [3.8, 4) is 22.7 Å². The van der Waals surface area contributed by atoms with Crippen LogP contribution < -0.4 is 4.74 Å². The summed E-state index contributed by atoms with van der Waals surface area (Å²) in [7, 11) is 0. The van der Waals surface area contributed by atoms with E-state index in [1.54, 1.807) is 0 Å². The topological polar surface area (TPSA) is 39.9 Å². The molecule has 4 rings (SSSR count). The third-order valence-electron chi connectivity index (χ3n) is 5.34. The van der Waals surface area contributed by atoms with Gasteiger partial charge in [0.2, 0.25) is 0 Å². The second-order valence-electron chi connectivity index (χ2n) is 7.30. The van der Waals surface area contributed by atoms with E-state index in [1.807, 2.05) is 32.0 Å². The highest BCUT2D eigenvalue weighted by Gasteiger charge is 2.20. The zero-order valence-corrected chi connectivity index (χ0v) is 19.4. The molecule has 2 aromatic heterocycles. The van der Waals surface area contributed by atoms with Crippen LogP contribution in [-0.4, -0.2) is 21.4 Å². The van der Waals surface area contributed by atoms with Crippen LogP contribution in [0.4, 0.5) is 0 Å². The Morgan fingerprint density at radius 2 is 1.57 bits per heavy atom. The largest absolute Gasteiger partial charge is 0.492 e.